The minimum atomic E-state index is -0.772. The van der Waals surface area contributed by atoms with Gasteiger partial charge in [0.05, 0.1) is 37.8 Å². The van der Waals surface area contributed by atoms with Gasteiger partial charge in [0.2, 0.25) is 47.8 Å². The van der Waals surface area contributed by atoms with E-state index in [0.29, 0.717) is 96.1 Å². The number of hydrogen-bond donors (Lipinski definition) is 8. The summed E-state index contributed by atoms with van der Waals surface area (Å²) in [6.45, 7) is 10.3. The number of carbonyl (C=O) groups excluding carboxylic acids is 10. The molecule has 1 rings (SSSR count). The summed E-state index contributed by atoms with van der Waals surface area (Å²) in [6.07, 6.45) is 14.8. The van der Waals surface area contributed by atoms with Gasteiger partial charge in [0.15, 0.2) is 0 Å². The summed E-state index contributed by atoms with van der Waals surface area (Å²) in [6, 6.07) is -0.456. The van der Waals surface area contributed by atoms with Crippen LogP contribution in [0.25, 0.3) is 0 Å². The zero-order valence-electron chi connectivity index (χ0n) is 54.7. The molecule has 28 heteroatoms. The van der Waals surface area contributed by atoms with E-state index in [0.717, 1.165) is 47.8 Å². The van der Waals surface area contributed by atoms with Crippen LogP contribution in [0.2, 0.25) is 0 Å². The molecule has 1 unspecified atom stereocenters. The second-order valence-electron chi connectivity index (χ2n) is 21.2. The third-order valence-corrected chi connectivity index (χ3v) is 14.6. The van der Waals surface area contributed by atoms with E-state index in [-0.39, 0.29) is 151 Å². The first kappa shape index (κ1) is 86.6. The molecule has 0 aliphatic carbocycles. The van der Waals surface area contributed by atoms with Gasteiger partial charge in [-0.25, -0.2) is 0 Å². The molecule has 0 radical (unpaired) electrons. The molecule has 1 aromatic heterocycles. The minimum absolute atomic E-state index is 0. The van der Waals surface area contributed by atoms with Gasteiger partial charge in [-0.15, -0.1) is 6.42 Å². The van der Waals surface area contributed by atoms with Crippen LogP contribution in [0.3, 0.4) is 0 Å². The Morgan fingerprint density at radius 3 is 1.48 bits per heavy atom. The van der Waals surface area contributed by atoms with Gasteiger partial charge in [0.25, 0.3) is 5.91 Å². The maximum Gasteiger partial charge on any atom is 1.00 e. The number of carbonyl (C=O) groups is 9. The molecule has 488 valence electrons. The average molecular weight is 1330 g/mol. The topological polar surface area (TPSA) is 299 Å². The van der Waals surface area contributed by atoms with Crippen molar-refractivity contribution in [2.24, 2.45) is 0 Å². The molecule has 8 N–H and O–H groups in total. The van der Waals surface area contributed by atoms with Gasteiger partial charge in [-0.3, -0.25) is 54.4 Å². The van der Waals surface area contributed by atoms with Gasteiger partial charge in [-0.1, -0.05) is 61.6 Å². The van der Waals surface area contributed by atoms with E-state index in [1.807, 2.05) is 55.2 Å². The van der Waals surface area contributed by atoms with Crippen LogP contribution < -0.4 is 101 Å². The molecule has 25 nitrogen and oxygen atoms in total. The molecule has 0 saturated carbocycles. The van der Waals surface area contributed by atoms with Crippen LogP contribution in [0.4, 0.5) is 0 Å². The van der Waals surface area contributed by atoms with E-state index in [1.54, 1.807) is 93.0 Å². The number of pyridine rings is 1. The van der Waals surface area contributed by atoms with E-state index in [2.05, 4.69) is 54.4 Å². The molecule has 0 aliphatic rings. The van der Waals surface area contributed by atoms with Crippen LogP contribution in [-0.4, -0.2) is 267 Å². The van der Waals surface area contributed by atoms with Crippen LogP contribution in [0.1, 0.15) is 121 Å². The quantitative estimate of drug-likeness (QED) is 0.0157. The summed E-state index contributed by atoms with van der Waals surface area (Å²) in [7, 11) is 20.9. The Morgan fingerprint density at radius 2 is 1.03 bits per heavy atom. The van der Waals surface area contributed by atoms with Crippen molar-refractivity contribution in [1.82, 2.24) is 76.9 Å². The van der Waals surface area contributed by atoms with Crippen molar-refractivity contribution in [1.29, 1.82) is 0 Å². The van der Waals surface area contributed by atoms with Crippen LogP contribution in [0.15, 0.2) is 23.4 Å². The SMILES string of the molecule is CC.CCCCCCSSc1ccncc1C(=O)N(CCCNC(=O)C(CCCCNC(=O)CN(C)C)NC(=O)CN(C)C)CCCNC(=O)[C@H](CCCCNC(=O)CN(C)C)NC(=O)CN(C)C.CNCCCNC(=O)[C@H](C[C-]=O)N(C)C=O.[Rb+]. The van der Waals surface area contributed by atoms with Crippen molar-refractivity contribution in [2.75, 3.05) is 155 Å². The summed E-state index contributed by atoms with van der Waals surface area (Å²) in [5, 5.41) is 23.0. The van der Waals surface area contributed by atoms with Crippen molar-refractivity contribution >= 4 is 81.5 Å². The Labute approximate surface area is 572 Å². The number of hydrogen-bond acceptors (Lipinski definition) is 18. The molecule has 86 heavy (non-hydrogen) atoms. The first-order valence-corrected chi connectivity index (χ1v) is 32.2. The zero-order chi connectivity index (χ0) is 64.4. The summed E-state index contributed by atoms with van der Waals surface area (Å²) < 4.78 is 0. The fourth-order valence-corrected chi connectivity index (χ4v) is 10.2. The molecule has 0 aromatic carbocycles. The molecule has 0 saturated heterocycles. The normalized spacial score (nSPS) is 11.7. The predicted octanol–water partition coefficient (Wildman–Crippen LogP) is -1.66. The van der Waals surface area contributed by atoms with E-state index in [9.17, 15) is 47.9 Å². The molecule has 1 aromatic rings. The van der Waals surface area contributed by atoms with Gasteiger partial charge in [0, 0.05) is 75.9 Å². The summed E-state index contributed by atoms with van der Waals surface area (Å²) in [4.78, 5) is 138. The van der Waals surface area contributed by atoms with Crippen molar-refractivity contribution in [3.8, 4) is 0 Å². The number of unbranched alkanes of at least 4 members (excludes halogenated alkanes) is 5. The minimum Gasteiger partial charge on any atom is -0.542 e. The average Bonchev–Trinajstić information content (AvgIpc) is 3.50. The van der Waals surface area contributed by atoms with Crippen molar-refractivity contribution in [3.05, 3.63) is 24.0 Å². The Balaban J connectivity index is -0.00000311. The Hall–Kier alpha value is -3.64. The summed E-state index contributed by atoms with van der Waals surface area (Å²) in [5.74, 6) is -0.947. The Bertz CT molecular complexity index is 1970. The van der Waals surface area contributed by atoms with Gasteiger partial charge >= 0.3 is 58.2 Å². The molecule has 0 spiro atoms. The summed E-state index contributed by atoms with van der Waals surface area (Å²) in [5.41, 5.74) is 0.477. The largest absolute Gasteiger partial charge is 1.00 e. The molecule has 9 amide bonds. The predicted molar refractivity (Wildman–Crippen MR) is 340 cm³/mol. The molecule has 0 aliphatic heterocycles. The third kappa shape index (κ3) is 46.5. The second kappa shape index (κ2) is 56.6. The van der Waals surface area contributed by atoms with Crippen LogP contribution >= 0.6 is 21.6 Å². The molecular formula is C58H108N15O10RbS2. The van der Waals surface area contributed by atoms with Crippen LogP contribution in [-0.2, 0) is 43.2 Å². The molecular weight excluding hydrogens is 1220 g/mol. The molecule has 0 fully saturated rings. The van der Waals surface area contributed by atoms with E-state index >= 15 is 0 Å². The maximum atomic E-state index is 14.3. The van der Waals surface area contributed by atoms with Crippen LogP contribution in [0, 0.1) is 0 Å². The molecule has 1 heterocycles. The molecule has 0 bridgehead atoms. The van der Waals surface area contributed by atoms with Gasteiger partial charge in [0.1, 0.15) is 12.1 Å². The summed E-state index contributed by atoms with van der Waals surface area (Å²) >= 11 is 0. The van der Waals surface area contributed by atoms with E-state index in [4.69, 9.17) is 0 Å². The first-order valence-electron chi connectivity index (χ1n) is 29.8. The number of nitrogens with one attached hydrogen (secondary N) is 8. The van der Waals surface area contributed by atoms with Crippen molar-refractivity contribution in [3.63, 3.8) is 0 Å². The zero-order valence-corrected chi connectivity index (χ0v) is 61.2. The van der Waals surface area contributed by atoms with Crippen molar-refractivity contribution in [2.45, 2.75) is 134 Å². The van der Waals surface area contributed by atoms with Crippen LogP contribution in [0.5, 0.6) is 0 Å². The number of likely N-dealkylation sites (N-methyl/N-ethyl adjacent to an activating group) is 5. The Kier molecular flexibility index (Phi) is 56.9. The second-order valence-corrected chi connectivity index (χ2v) is 23.6. The standard InChI is InChI=1S/C46H84N12O7S2.C10H18N3O3.C2H6.Rb/c1-10-11-12-17-30-66-67-39-22-27-47-31-36(39)46(65)58(28-18-25-50-44(63)37(52-42(61)34-56(6)7)20-13-15-23-48-40(59)32-54(2)3)29-19-26-51-45(64)38(53-43(62)35-57(8)9)21-14-16-24-49-41(60)33-55(4)5;1-11-5-3-6-12-10(16)9(4-7-14)13(2)8-15;1-2;/h22,27,31,37-38H,10-21,23-26,28-30,32-35H2,1-9H3,(H,48,59)(H,49,60)(H,50,63)(H,51,64)(H,52,61)(H,53,62);8-9,11H,3-6H2,1-2H3,(H,12,16);1-2H3;/q;-1;;+1/t37-,38?;9-;;/m00../s1. The van der Waals surface area contributed by atoms with Gasteiger partial charge in [-0.05, 0) is 140 Å². The maximum absolute atomic E-state index is 14.3. The number of amides is 9. The van der Waals surface area contributed by atoms with Crippen molar-refractivity contribution < 1.29 is 106 Å². The Morgan fingerprint density at radius 1 is 0.581 bits per heavy atom. The third-order valence-electron chi connectivity index (χ3n) is 12.1. The number of rotatable bonds is 47. The van der Waals surface area contributed by atoms with E-state index in [1.165, 1.54) is 13.5 Å². The number of nitrogens with zero attached hydrogens (tertiary/aromatic N) is 7. The fourth-order valence-electron chi connectivity index (χ4n) is 7.85. The number of aromatic nitrogens is 1. The van der Waals surface area contributed by atoms with Gasteiger partial charge in [-0.2, -0.15) is 0 Å². The monoisotopic (exact) mass is 1320 g/mol. The first-order chi connectivity index (χ1) is 40.6. The fraction of sp³-hybridized carbons (Fsp3) is 0.741. The van der Waals surface area contributed by atoms with E-state index < -0.39 is 18.1 Å². The van der Waals surface area contributed by atoms with Gasteiger partial charge < -0.3 is 76.7 Å². The molecule has 3 atom stereocenters. The smallest absolute Gasteiger partial charge is 0.542 e.